The average molecular weight is 415 g/mol. The highest BCUT2D eigenvalue weighted by atomic mass is 32.1. The van der Waals surface area contributed by atoms with Crippen molar-refractivity contribution in [2.75, 3.05) is 39.3 Å². The summed E-state index contributed by atoms with van der Waals surface area (Å²) in [6, 6.07) is 12.8. The minimum atomic E-state index is -0.244. The molecule has 7 heteroatoms. The van der Waals surface area contributed by atoms with Crippen LogP contribution in [0.4, 0.5) is 5.69 Å². The number of benzene rings is 2. The van der Waals surface area contributed by atoms with Crippen LogP contribution >= 0.6 is 12.2 Å². The minimum absolute atomic E-state index is 0.244. The molecule has 0 N–H and O–H groups in total. The summed E-state index contributed by atoms with van der Waals surface area (Å²) in [5.41, 5.74) is 1.13. The van der Waals surface area contributed by atoms with E-state index in [0.29, 0.717) is 27.9 Å². The molecule has 1 saturated heterocycles. The first kappa shape index (κ1) is 20.9. The van der Waals surface area contributed by atoms with Gasteiger partial charge >= 0.3 is 0 Å². The smallest absolute Gasteiger partial charge is 0.264 e. The lowest BCUT2D eigenvalue weighted by atomic mass is 10.1. The van der Waals surface area contributed by atoms with Crippen molar-refractivity contribution in [1.29, 1.82) is 0 Å². The molecule has 3 rings (SSSR count). The van der Waals surface area contributed by atoms with Crippen LogP contribution in [0, 0.1) is 0 Å². The van der Waals surface area contributed by atoms with Crippen LogP contribution in [0.2, 0.25) is 0 Å². The lowest BCUT2D eigenvalue weighted by molar-refractivity contribution is 0.0998. The number of para-hydroxylation sites is 1. The van der Waals surface area contributed by atoms with Gasteiger partial charge in [0.05, 0.1) is 27.0 Å². The highest BCUT2D eigenvalue weighted by Crippen LogP contribution is 2.38. The standard InChI is InChI=1S/C22H26N2O4S/c1-26-18-14-16(15-19(27-2)20(18)28-3)21(25)24(17-10-6-4-7-11-17)22(29)23-12-8-5-9-13-23/h4,6-7,10-11,14-15H,5,8-9,12-13H2,1-3H3. The van der Waals surface area contributed by atoms with E-state index in [0.717, 1.165) is 31.6 Å². The second-order valence-corrected chi connectivity index (χ2v) is 7.09. The number of methoxy groups -OCH3 is 3. The number of rotatable bonds is 5. The Kier molecular flexibility index (Phi) is 6.93. The molecule has 0 unspecified atom stereocenters. The number of hydrogen-bond acceptors (Lipinski definition) is 5. The fraction of sp³-hybridized carbons (Fsp3) is 0.364. The summed E-state index contributed by atoms with van der Waals surface area (Å²) in [5.74, 6) is 1.04. The molecule has 0 aromatic heterocycles. The van der Waals surface area contributed by atoms with Crippen molar-refractivity contribution < 1.29 is 19.0 Å². The number of amides is 1. The van der Waals surface area contributed by atoms with E-state index in [1.807, 2.05) is 30.3 Å². The van der Waals surface area contributed by atoms with Crippen molar-refractivity contribution in [2.24, 2.45) is 0 Å². The zero-order chi connectivity index (χ0) is 20.8. The summed E-state index contributed by atoms with van der Waals surface area (Å²) in [4.78, 5) is 17.3. The predicted molar refractivity (Wildman–Crippen MR) is 117 cm³/mol. The molecule has 0 saturated carbocycles. The molecule has 1 aliphatic rings. The molecule has 1 fully saturated rings. The number of carbonyl (C=O) groups excluding carboxylic acids is 1. The van der Waals surface area contributed by atoms with Gasteiger partial charge in [-0.3, -0.25) is 9.69 Å². The first-order valence-corrected chi connectivity index (χ1v) is 10.00. The molecule has 0 atom stereocenters. The van der Waals surface area contributed by atoms with Crippen LogP contribution in [0.3, 0.4) is 0 Å². The summed E-state index contributed by atoms with van der Waals surface area (Å²) in [6.45, 7) is 1.70. The maximum atomic E-state index is 13.6. The molecular formula is C22H26N2O4S. The number of anilines is 1. The number of nitrogens with zero attached hydrogens (tertiary/aromatic N) is 2. The Hall–Kier alpha value is -2.80. The Morgan fingerprint density at radius 1 is 0.931 bits per heavy atom. The highest BCUT2D eigenvalue weighted by molar-refractivity contribution is 7.80. The number of ether oxygens (including phenoxy) is 3. The number of likely N-dealkylation sites (tertiary alicyclic amines) is 1. The van der Waals surface area contributed by atoms with E-state index in [9.17, 15) is 4.79 Å². The maximum absolute atomic E-state index is 13.6. The van der Waals surface area contributed by atoms with Crippen molar-refractivity contribution in [2.45, 2.75) is 19.3 Å². The van der Waals surface area contributed by atoms with E-state index in [1.165, 1.54) is 27.8 Å². The van der Waals surface area contributed by atoms with Crippen molar-refractivity contribution in [3.63, 3.8) is 0 Å². The van der Waals surface area contributed by atoms with Gasteiger partial charge in [-0.15, -0.1) is 0 Å². The van der Waals surface area contributed by atoms with Gasteiger partial charge in [-0.1, -0.05) is 18.2 Å². The van der Waals surface area contributed by atoms with Crippen LogP contribution in [-0.2, 0) is 0 Å². The van der Waals surface area contributed by atoms with Gasteiger partial charge in [0.2, 0.25) is 5.75 Å². The zero-order valence-electron chi connectivity index (χ0n) is 17.0. The Bertz CT molecular complexity index is 841. The highest BCUT2D eigenvalue weighted by Gasteiger charge is 2.28. The fourth-order valence-corrected chi connectivity index (χ4v) is 3.82. The molecule has 2 aromatic carbocycles. The van der Waals surface area contributed by atoms with E-state index in [2.05, 4.69) is 4.90 Å². The van der Waals surface area contributed by atoms with Gasteiger partial charge < -0.3 is 19.1 Å². The Morgan fingerprint density at radius 3 is 2.03 bits per heavy atom. The Morgan fingerprint density at radius 2 is 1.52 bits per heavy atom. The predicted octanol–water partition coefficient (Wildman–Crippen LogP) is 4.13. The first-order valence-electron chi connectivity index (χ1n) is 9.59. The summed E-state index contributed by atoms with van der Waals surface area (Å²) in [5, 5.41) is 0.509. The summed E-state index contributed by atoms with van der Waals surface area (Å²) < 4.78 is 16.2. The Labute approximate surface area is 177 Å². The molecule has 29 heavy (non-hydrogen) atoms. The molecule has 1 aliphatic heterocycles. The molecule has 1 amide bonds. The molecule has 154 valence electrons. The number of carbonyl (C=O) groups is 1. The second-order valence-electron chi connectivity index (χ2n) is 6.72. The van der Waals surface area contributed by atoms with E-state index in [-0.39, 0.29) is 5.91 Å². The normalized spacial score (nSPS) is 13.6. The van der Waals surface area contributed by atoms with Gasteiger partial charge in [-0.2, -0.15) is 0 Å². The van der Waals surface area contributed by atoms with Gasteiger partial charge in [0.15, 0.2) is 16.6 Å². The average Bonchev–Trinajstić information content (AvgIpc) is 2.79. The number of piperidine rings is 1. The molecule has 1 heterocycles. The second kappa shape index (κ2) is 9.60. The molecule has 0 bridgehead atoms. The number of thiocarbonyl (C=S) groups is 1. The van der Waals surface area contributed by atoms with Gasteiger partial charge in [0.1, 0.15) is 0 Å². The van der Waals surface area contributed by atoms with Crippen molar-refractivity contribution in [1.82, 2.24) is 4.90 Å². The summed E-state index contributed by atoms with van der Waals surface area (Å²) >= 11 is 5.77. The third-order valence-corrected chi connectivity index (χ3v) is 5.39. The van der Waals surface area contributed by atoms with Gasteiger partial charge in [0, 0.05) is 18.7 Å². The fourth-order valence-electron chi connectivity index (χ4n) is 3.45. The largest absolute Gasteiger partial charge is 0.493 e. The van der Waals surface area contributed by atoms with Crippen LogP contribution in [0.1, 0.15) is 29.6 Å². The Balaban J connectivity index is 2.04. The molecule has 0 spiro atoms. The third-order valence-electron chi connectivity index (χ3n) is 4.95. The van der Waals surface area contributed by atoms with Gasteiger partial charge in [-0.25, -0.2) is 0 Å². The molecule has 0 radical (unpaired) electrons. The van der Waals surface area contributed by atoms with Crippen molar-refractivity contribution >= 4 is 28.9 Å². The van der Waals surface area contributed by atoms with E-state index in [4.69, 9.17) is 26.4 Å². The molecule has 6 nitrogen and oxygen atoms in total. The quantitative estimate of drug-likeness (QED) is 0.686. The zero-order valence-corrected chi connectivity index (χ0v) is 17.8. The lowest BCUT2D eigenvalue weighted by Gasteiger charge is -2.35. The van der Waals surface area contributed by atoms with E-state index < -0.39 is 0 Å². The van der Waals surface area contributed by atoms with Gasteiger partial charge in [0.25, 0.3) is 5.91 Å². The topological polar surface area (TPSA) is 51.2 Å². The molecular weight excluding hydrogens is 388 g/mol. The molecule has 2 aromatic rings. The van der Waals surface area contributed by atoms with Crippen LogP contribution in [0.15, 0.2) is 42.5 Å². The summed E-state index contributed by atoms with van der Waals surface area (Å²) in [6.07, 6.45) is 3.33. The van der Waals surface area contributed by atoms with E-state index in [1.54, 1.807) is 17.0 Å². The van der Waals surface area contributed by atoms with E-state index >= 15 is 0 Å². The van der Waals surface area contributed by atoms with Crippen LogP contribution in [0.25, 0.3) is 0 Å². The minimum Gasteiger partial charge on any atom is -0.493 e. The van der Waals surface area contributed by atoms with Crippen LogP contribution < -0.4 is 19.1 Å². The molecule has 0 aliphatic carbocycles. The van der Waals surface area contributed by atoms with Gasteiger partial charge in [-0.05, 0) is 55.7 Å². The SMILES string of the molecule is COc1cc(C(=O)N(C(=S)N2CCCCC2)c2ccccc2)cc(OC)c1OC. The maximum Gasteiger partial charge on any atom is 0.264 e. The third kappa shape index (κ3) is 4.45. The summed E-state index contributed by atoms with van der Waals surface area (Å²) in [7, 11) is 4.58. The number of hydrogen-bond donors (Lipinski definition) is 0. The van der Waals surface area contributed by atoms with Crippen LogP contribution in [-0.4, -0.2) is 50.3 Å². The lowest BCUT2D eigenvalue weighted by Crippen LogP contribution is -2.48. The van der Waals surface area contributed by atoms with Crippen molar-refractivity contribution in [3.05, 3.63) is 48.0 Å². The first-order chi connectivity index (χ1) is 14.1. The van der Waals surface area contributed by atoms with Crippen LogP contribution in [0.5, 0.6) is 17.2 Å². The monoisotopic (exact) mass is 414 g/mol. The van der Waals surface area contributed by atoms with Crippen molar-refractivity contribution in [3.8, 4) is 17.2 Å².